The lowest BCUT2D eigenvalue weighted by molar-refractivity contribution is -0.140. The van der Waals surface area contributed by atoms with Crippen LogP contribution in [0.2, 0.25) is 0 Å². The molecule has 1 aromatic carbocycles. The van der Waals surface area contributed by atoms with E-state index in [4.69, 9.17) is 0 Å². The highest BCUT2D eigenvalue weighted by Gasteiger charge is 2.19. The van der Waals surface area contributed by atoms with Crippen molar-refractivity contribution < 1.29 is 22.3 Å². The molecule has 0 aromatic heterocycles. The molecule has 0 spiro atoms. The van der Waals surface area contributed by atoms with E-state index in [0.29, 0.717) is 5.56 Å². The van der Waals surface area contributed by atoms with Gasteiger partial charge in [0.25, 0.3) is 0 Å². The summed E-state index contributed by atoms with van der Waals surface area (Å²) in [6, 6.07) is 5.77. The molecule has 8 heteroatoms. The summed E-state index contributed by atoms with van der Waals surface area (Å²) in [5.74, 6) is -0.966. The molecule has 0 unspecified atom stereocenters. The summed E-state index contributed by atoms with van der Waals surface area (Å²) in [4.78, 5) is 12.8. The van der Waals surface area contributed by atoms with E-state index in [-0.39, 0.29) is 37.0 Å². The number of hydrogen-bond donors (Lipinski definition) is 1. The number of halogens is 1. The predicted molar refractivity (Wildman–Crippen MR) is 85.9 cm³/mol. The third kappa shape index (κ3) is 7.06. The molecule has 23 heavy (non-hydrogen) atoms. The van der Waals surface area contributed by atoms with E-state index in [2.05, 4.69) is 9.46 Å². The van der Waals surface area contributed by atoms with Crippen LogP contribution in [0.15, 0.2) is 24.3 Å². The van der Waals surface area contributed by atoms with Crippen LogP contribution in [0.4, 0.5) is 4.39 Å². The van der Waals surface area contributed by atoms with Crippen LogP contribution in [-0.2, 0) is 19.6 Å². The molecule has 0 saturated carbocycles. The number of nitrogens with one attached hydrogen (secondary N) is 1. The molecule has 0 radical (unpaired) electrons. The quantitative estimate of drug-likeness (QED) is 0.682. The number of carbonyl (C=O) groups is 1. The number of hydrogen-bond acceptors (Lipinski definition) is 5. The Hall–Kier alpha value is -1.51. The van der Waals surface area contributed by atoms with Gasteiger partial charge in [0.15, 0.2) is 0 Å². The average molecular weight is 346 g/mol. The lowest BCUT2D eigenvalue weighted by Gasteiger charge is -2.25. The highest BCUT2D eigenvalue weighted by atomic mass is 32.2. The van der Waals surface area contributed by atoms with Gasteiger partial charge in [-0.2, -0.15) is 0 Å². The fourth-order valence-corrected chi connectivity index (χ4v) is 3.18. The van der Waals surface area contributed by atoms with Gasteiger partial charge in [0.1, 0.15) is 5.82 Å². The van der Waals surface area contributed by atoms with Gasteiger partial charge in [-0.1, -0.05) is 12.1 Å². The van der Waals surface area contributed by atoms with Gasteiger partial charge in [0.05, 0.1) is 12.9 Å². The van der Waals surface area contributed by atoms with Crippen LogP contribution in [-0.4, -0.2) is 52.8 Å². The van der Waals surface area contributed by atoms with Crippen LogP contribution in [0.1, 0.15) is 24.4 Å². The Morgan fingerprint density at radius 2 is 2.09 bits per heavy atom. The van der Waals surface area contributed by atoms with Crippen LogP contribution in [0, 0.1) is 5.82 Å². The minimum Gasteiger partial charge on any atom is -0.469 e. The summed E-state index contributed by atoms with van der Waals surface area (Å²) >= 11 is 0. The van der Waals surface area contributed by atoms with Crippen molar-refractivity contribution in [3.05, 3.63) is 35.6 Å². The van der Waals surface area contributed by atoms with Gasteiger partial charge in [-0.25, -0.2) is 17.5 Å². The van der Waals surface area contributed by atoms with E-state index in [9.17, 15) is 17.6 Å². The molecule has 0 bridgehead atoms. The highest BCUT2D eigenvalue weighted by Crippen LogP contribution is 2.18. The Bertz CT molecular complexity index is 620. The smallest absolute Gasteiger partial charge is 0.305 e. The van der Waals surface area contributed by atoms with E-state index in [1.54, 1.807) is 26.2 Å². The molecule has 0 aliphatic rings. The SMILES string of the molecule is COC(=O)CCCS(=O)(=O)NC[C@H](c1cccc(F)c1)N(C)C. The third-order valence-electron chi connectivity index (χ3n) is 3.38. The molecule has 0 heterocycles. The average Bonchev–Trinajstić information content (AvgIpc) is 2.46. The standard InChI is InChI=1S/C15H23FN2O4S/c1-18(2)14(12-6-4-7-13(16)10-12)11-17-23(20,21)9-5-8-15(19)22-3/h4,6-7,10,14,17H,5,8-9,11H2,1-3H3/t14-/m1/s1. The summed E-state index contributed by atoms with van der Waals surface area (Å²) in [6.45, 7) is 0.122. The monoisotopic (exact) mass is 346 g/mol. The second kappa shape index (κ2) is 8.95. The zero-order valence-corrected chi connectivity index (χ0v) is 14.4. The van der Waals surface area contributed by atoms with Crippen molar-refractivity contribution in [2.75, 3.05) is 33.5 Å². The Morgan fingerprint density at radius 3 is 2.65 bits per heavy atom. The van der Waals surface area contributed by atoms with E-state index in [1.165, 1.54) is 19.2 Å². The lowest BCUT2D eigenvalue weighted by atomic mass is 10.1. The van der Waals surface area contributed by atoms with Crippen molar-refractivity contribution in [1.82, 2.24) is 9.62 Å². The Balaban J connectivity index is 2.63. The van der Waals surface area contributed by atoms with Crippen molar-refractivity contribution in [2.45, 2.75) is 18.9 Å². The number of likely N-dealkylation sites (N-methyl/N-ethyl adjacent to an activating group) is 1. The van der Waals surface area contributed by atoms with Gasteiger partial charge < -0.3 is 9.64 Å². The maximum atomic E-state index is 13.3. The highest BCUT2D eigenvalue weighted by molar-refractivity contribution is 7.89. The van der Waals surface area contributed by atoms with Crippen LogP contribution < -0.4 is 4.72 Å². The predicted octanol–water partition coefficient (Wildman–Crippen LogP) is 1.30. The molecule has 0 saturated heterocycles. The van der Waals surface area contributed by atoms with Crippen molar-refractivity contribution in [1.29, 1.82) is 0 Å². The first-order chi connectivity index (χ1) is 10.7. The van der Waals surface area contributed by atoms with Gasteiger partial charge in [-0.3, -0.25) is 4.79 Å². The molecule has 0 amide bonds. The summed E-state index contributed by atoms with van der Waals surface area (Å²) < 4.78 is 44.3. The topological polar surface area (TPSA) is 75.7 Å². The lowest BCUT2D eigenvalue weighted by Crippen LogP contribution is -2.35. The fourth-order valence-electron chi connectivity index (χ4n) is 2.10. The Kier molecular flexibility index (Phi) is 7.60. The number of esters is 1. The Morgan fingerprint density at radius 1 is 1.39 bits per heavy atom. The van der Waals surface area contributed by atoms with Crippen LogP contribution in [0.25, 0.3) is 0 Å². The van der Waals surface area contributed by atoms with Gasteiger partial charge in [0.2, 0.25) is 10.0 Å². The van der Waals surface area contributed by atoms with E-state index >= 15 is 0 Å². The number of ether oxygens (including phenoxy) is 1. The number of methoxy groups -OCH3 is 1. The summed E-state index contributed by atoms with van der Waals surface area (Å²) in [5.41, 5.74) is 0.687. The van der Waals surface area contributed by atoms with Crippen LogP contribution >= 0.6 is 0 Å². The zero-order chi connectivity index (χ0) is 17.5. The van der Waals surface area contributed by atoms with Crippen molar-refractivity contribution >= 4 is 16.0 Å². The van der Waals surface area contributed by atoms with Gasteiger partial charge in [0, 0.05) is 19.0 Å². The van der Waals surface area contributed by atoms with Gasteiger partial charge >= 0.3 is 5.97 Å². The van der Waals surface area contributed by atoms with Gasteiger partial charge in [-0.15, -0.1) is 0 Å². The van der Waals surface area contributed by atoms with Gasteiger partial charge in [-0.05, 0) is 38.2 Å². The molecule has 0 aliphatic heterocycles. The molecular weight excluding hydrogens is 323 g/mol. The zero-order valence-electron chi connectivity index (χ0n) is 13.6. The van der Waals surface area contributed by atoms with Crippen molar-refractivity contribution in [3.8, 4) is 0 Å². The van der Waals surface area contributed by atoms with Crippen LogP contribution in [0.5, 0.6) is 0 Å². The largest absolute Gasteiger partial charge is 0.469 e. The molecule has 130 valence electrons. The molecule has 1 aromatic rings. The second-order valence-electron chi connectivity index (χ2n) is 5.38. The third-order valence-corrected chi connectivity index (χ3v) is 4.81. The van der Waals surface area contributed by atoms with Crippen LogP contribution in [0.3, 0.4) is 0 Å². The maximum absolute atomic E-state index is 13.3. The minimum atomic E-state index is -3.51. The number of sulfonamides is 1. The first kappa shape index (κ1) is 19.5. The molecular formula is C15H23FN2O4S. The van der Waals surface area contributed by atoms with Crippen molar-refractivity contribution in [3.63, 3.8) is 0 Å². The van der Waals surface area contributed by atoms with E-state index in [0.717, 1.165) is 0 Å². The number of benzene rings is 1. The first-order valence-corrected chi connectivity index (χ1v) is 8.86. The minimum absolute atomic E-state index is 0.0540. The summed E-state index contributed by atoms with van der Waals surface area (Å²) in [7, 11) is 1.33. The van der Waals surface area contributed by atoms with E-state index in [1.807, 2.05) is 4.90 Å². The molecule has 6 nitrogen and oxygen atoms in total. The van der Waals surface area contributed by atoms with E-state index < -0.39 is 16.0 Å². The number of rotatable bonds is 9. The Labute approximate surface area is 136 Å². The second-order valence-corrected chi connectivity index (χ2v) is 7.31. The number of nitrogens with zero attached hydrogens (tertiary/aromatic N) is 1. The first-order valence-electron chi connectivity index (χ1n) is 7.21. The molecule has 0 fully saturated rings. The summed E-state index contributed by atoms with van der Waals surface area (Å²) in [6.07, 6.45) is 0.243. The molecule has 1 N–H and O–H groups in total. The molecule has 0 aliphatic carbocycles. The fraction of sp³-hybridized carbons (Fsp3) is 0.533. The number of carbonyl (C=O) groups excluding carboxylic acids is 1. The molecule has 1 rings (SSSR count). The molecule has 1 atom stereocenters. The normalized spacial score (nSPS) is 13.1. The summed E-state index contributed by atoms with van der Waals surface area (Å²) in [5, 5.41) is 0. The maximum Gasteiger partial charge on any atom is 0.305 e. The van der Waals surface area contributed by atoms with Crippen molar-refractivity contribution in [2.24, 2.45) is 0 Å².